The number of benzene rings is 2. The molecule has 0 saturated carbocycles. The van der Waals surface area contributed by atoms with Crippen LogP contribution in [-0.4, -0.2) is 24.2 Å². The fourth-order valence-corrected chi connectivity index (χ4v) is 3.12. The van der Waals surface area contributed by atoms with Gasteiger partial charge in [-0.3, -0.25) is 4.79 Å². The van der Waals surface area contributed by atoms with Crippen LogP contribution in [0.5, 0.6) is 0 Å². The van der Waals surface area contributed by atoms with Crippen molar-refractivity contribution in [2.45, 2.75) is 30.9 Å². The van der Waals surface area contributed by atoms with Gasteiger partial charge in [0.05, 0.1) is 0 Å². The molecule has 128 valence electrons. The molecule has 0 saturated heterocycles. The molecule has 0 spiro atoms. The summed E-state index contributed by atoms with van der Waals surface area (Å²) in [7, 11) is 0. The Balaban J connectivity index is 1.86. The summed E-state index contributed by atoms with van der Waals surface area (Å²) in [6.07, 6.45) is 0.670. The van der Waals surface area contributed by atoms with Gasteiger partial charge in [-0.05, 0) is 41.7 Å². The van der Waals surface area contributed by atoms with Crippen molar-refractivity contribution in [2.24, 2.45) is 5.41 Å². The highest BCUT2D eigenvalue weighted by atomic mass is 32.2. The first-order valence-corrected chi connectivity index (χ1v) is 9.15. The predicted molar refractivity (Wildman–Crippen MR) is 100 cm³/mol. The molecule has 2 aromatic rings. The fraction of sp³-hybridized carbons (Fsp3) is 0.350. The Hall–Kier alpha value is -1.78. The minimum Gasteiger partial charge on any atom is -0.396 e. The van der Waals surface area contributed by atoms with Crippen molar-refractivity contribution < 1.29 is 9.90 Å². The summed E-state index contributed by atoms with van der Waals surface area (Å²) in [5.41, 5.74) is 1.76. The van der Waals surface area contributed by atoms with Gasteiger partial charge in [-0.2, -0.15) is 0 Å². The minimum atomic E-state index is -0.101. The van der Waals surface area contributed by atoms with Crippen LogP contribution < -0.4 is 5.32 Å². The maximum atomic E-state index is 12.2. The van der Waals surface area contributed by atoms with E-state index >= 15 is 0 Å². The second-order valence-electron chi connectivity index (χ2n) is 6.62. The molecule has 0 bridgehead atoms. The molecular formula is C20H25NO2S. The number of carbonyl (C=O) groups excluding carboxylic acids is 1. The van der Waals surface area contributed by atoms with Crippen molar-refractivity contribution in [2.75, 3.05) is 13.2 Å². The number of hydrogen-bond acceptors (Lipinski definition) is 3. The Morgan fingerprint density at radius 2 is 1.75 bits per heavy atom. The highest BCUT2D eigenvalue weighted by molar-refractivity contribution is 7.98. The minimum absolute atomic E-state index is 0.0664. The van der Waals surface area contributed by atoms with Crippen molar-refractivity contribution >= 4 is 17.7 Å². The van der Waals surface area contributed by atoms with E-state index in [4.69, 9.17) is 5.11 Å². The van der Waals surface area contributed by atoms with E-state index in [0.29, 0.717) is 18.5 Å². The third kappa shape index (κ3) is 6.02. The van der Waals surface area contributed by atoms with Crippen LogP contribution in [0.4, 0.5) is 0 Å². The van der Waals surface area contributed by atoms with Crippen LogP contribution in [0.25, 0.3) is 0 Å². The lowest BCUT2D eigenvalue weighted by Crippen LogP contribution is -2.34. The zero-order chi connectivity index (χ0) is 17.4. The number of nitrogens with one attached hydrogen (secondary N) is 1. The highest BCUT2D eigenvalue weighted by Crippen LogP contribution is 2.22. The normalized spacial score (nSPS) is 11.3. The van der Waals surface area contributed by atoms with E-state index in [9.17, 15) is 4.79 Å². The van der Waals surface area contributed by atoms with E-state index in [2.05, 4.69) is 17.4 Å². The molecule has 0 heterocycles. The first-order chi connectivity index (χ1) is 11.5. The van der Waals surface area contributed by atoms with Gasteiger partial charge in [0.1, 0.15) is 0 Å². The summed E-state index contributed by atoms with van der Waals surface area (Å²) in [6, 6.07) is 18.0. The van der Waals surface area contributed by atoms with E-state index < -0.39 is 0 Å². The van der Waals surface area contributed by atoms with Crippen LogP contribution in [0.3, 0.4) is 0 Å². The summed E-state index contributed by atoms with van der Waals surface area (Å²) in [5.74, 6) is 0.818. The molecule has 0 aliphatic heterocycles. The molecule has 0 radical (unpaired) electrons. The molecule has 0 aliphatic rings. The largest absolute Gasteiger partial charge is 0.396 e. The zero-order valence-corrected chi connectivity index (χ0v) is 15.1. The number of aliphatic hydroxyl groups excluding tert-OH is 1. The maximum Gasteiger partial charge on any atom is 0.251 e. The van der Waals surface area contributed by atoms with Crippen molar-refractivity contribution in [1.29, 1.82) is 0 Å². The van der Waals surface area contributed by atoms with Gasteiger partial charge in [-0.15, -0.1) is 11.8 Å². The second kappa shape index (κ2) is 8.90. The smallest absolute Gasteiger partial charge is 0.251 e. The first-order valence-electron chi connectivity index (χ1n) is 8.16. The zero-order valence-electron chi connectivity index (χ0n) is 14.3. The van der Waals surface area contributed by atoms with E-state index in [1.807, 2.05) is 56.3 Å². The van der Waals surface area contributed by atoms with Crippen molar-refractivity contribution in [3.63, 3.8) is 0 Å². The van der Waals surface area contributed by atoms with Crippen LogP contribution in [0.15, 0.2) is 59.5 Å². The van der Waals surface area contributed by atoms with Crippen LogP contribution in [0.1, 0.15) is 36.2 Å². The molecule has 2 aromatic carbocycles. The van der Waals surface area contributed by atoms with Gasteiger partial charge in [0.25, 0.3) is 5.91 Å². The second-order valence-corrected chi connectivity index (χ2v) is 7.67. The molecule has 0 fully saturated rings. The van der Waals surface area contributed by atoms with Crippen LogP contribution in [-0.2, 0) is 5.75 Å². The third-order valence-electron chi connectivity index (χ3n) is 3.88. The van der Waals surface area contributed by atoms with Gasteiger partial charge in [0.15, 0.2) is 0 Å². The van der Waals surface area contributed by atoms with Gasteiger partial charge in [0.2, 0.25) is 0 Å². The Labute approximate surface area is 148 Å². The van der Waals surface area contributed by atoms with Crippen LogP contribution in [0, 0.1) is 5.41 Å². The maximum absolute atomic E-state index is 12.2. The average molecular weight is 343 g/mol. The molecule has 1 amide bonds. The first kappa shape index (κ1) is 18.6. The predicted octanol–water partition coefficient (Wildman–Crippen LogP) is 4.12. The molecule has 24 heavy (non-hydrogen) atoms. The Bertz CT molecular complexity index is 638. The number of thioether (sulfide) groups is 1. The molecule has 4 heteroatoms. The summed E-state index contributed by atoms with van der Waals surface area (Å²) < 4.78 is 0. The SMILES string of the molecule is CC(C)(CCO)CNC(=O)c1ccc(CSc2ccccc2)cc1. The van der Waals surface area contributed by atoms with E-state index in [1.54, 1.807) is 11.8 Å². The number of aliphatic hydroxyl groups is 1. The lowest BCUT2D eigenvalue weighted by atomic mass is 9.89. The van der Waals surface area contributed by atoms with Gasteiger partial charge in [-0.1, -0.05) is 44.2 Å². The molecule has 0 unspecified atom stereocenters. The van der Waals surface area contributed by atoms with E-state index in [-0.39, 0.29) is 17.9 Å². The van der Waals surface area contributed by atoms with Gasteiger partial charge in [0, 0.05) is 29.4 Å². The molecule has 0 aliphatic carbocycles. The van der Waals surface area contributed by atoms with Gasteiger partial charge >= 0.3 is 0 Å². The Morgan fingerprint density at radius 1 is 1.08 bits per heavy atom. The van der Waals surface area contributed by atoms with Crippen LogP contribution >= 0.6 is 11.8 Å². The molecule has 3 nitrogen and oxygen atoms in total. The Kier molecular flexibility index (Phi) is 6.88. The van der Waals surface area contributed by atoms with Crippen molar-refractivity contribution in [1.82, 2.24) is 5.32 Å². The number of amides is 1. The van der Waals surface area contributed by atoms with Crippen molar-refractivity contribution in [3.8, 4) is 0 Å². The van der Waals surface area contributed by atoms with Gasteiger partial charge in [-0.25, -0.2) is 0 Å². The summed E-state index contributed by atoms with van der Waals surface area (Å²) in [5, 5.41) is 12.0. The molecule has 0 aromatic heterocycles. The van der Waals surface area contributed by atoms with Crippen LogP contribution in [0.2, 0.25) is 0 Å². The van der Waals surface area contributed by atoms with Crippen molar-refractivity contribution in [3.05, 3.63) is 65.7 Å². The fourth-order valence-electron chi connectivity index (χ4n) is 2.25. The van der Waals surface area contributed by atoms with E-state index in [1.165, 1.54) is 10.5 Å². The monoisotopic (exact) mass is 343 g/mol. The molecule has 0 atom stereocenters. The average Bonchev–Trinajstić information content (AvgIpc) is 2.59. The molecule has 2 rings (SSSR count). The molecular weight excluding hydrogens is 318 g/mol. The highest BCUT2D eigenvalue weighted by Gasteiger charge is 2.18. The standard InChI is InChI=1S/C20H25NO2S/c1-20(2,12-13-22)15-21-19(23)17-10-8-16(9-11-17)14-24-18-6-4-3-5-7-18/h3-11,22H,12-15H2,1-2H3,(H,21,23). The summed E-state index contributed by atoms with van der Waals surface area (Å²) >= 11 is 1.78. The topological polar surface area (TPSA) is 49.3 Å². The van der Waals surface area contributed by atoms with Gasteiger partial charge < -0.3 is 10.4 Å². The quantitative estimate of drug-likeness (QED) is 0.709. The summed E-state index contributed by atoms with van der Waals surface area (Å²) in [4.78, 5) is 13.4. The molecule has 2 N–H and O–H groups in total. The third-order valence-corrected chi connectivity index (χ3v) is 4.96. The van der Waals surface area contributed by atoms with E-state index in [0.717, 1.165) is 5.75 Å². The number of hydrogen-bond donors (Lipinski definition) is 2. The summed E-state index contributed by atoms with van der Waals surface area (Å²) in [6.45, 7) is 4.76. The number of carbonyl (C=O) groups is 1. The number of rotatable bonds is 8. The lowest BCUT2D eigenvalue weighted by molar-refractivity contribution is 0.0928. The lowest BCUT2D eigenvalue weighted by Gasteiger charge is -2.23. The Morgan fingerprint density at radius 3 is 2.38 bits per heavy atom.